The lowest BCUT2D eigenvalue weighted by Gasteiger charge is -2.34. The zero-order valence-corrected chi connectivity index (χ0v) is 15.2. The number of nitrogens with two attached hydrogens (primary N) is 1. The van der Waals surface area contributed by atoms with E-state index in [0.717, 1.165) is 38.3 Å². The third kappa shape index (κ3) is 3.69. The highest BCUT2D eigenvalue weighted by atomic mass is 16.1. The molecule has 0 aliphatic carbocycles. The Labute approximate surface area is 158 Å². The van der Waals surface area contributed by atoms with Gasteiger partial charge in [-0.15, -0.1) is 0 Å². The Morgan fingerprint density at radius 1 is 1.11 bits per heavy atom. The van der Waals surface area contributed by atoms with E-state index in [1.165, 1.54) is 5.56 Å². The number of benzene rings is 1. The number of hydrogen-bond donors (Lipinski definition) is 1. The van der Waals surface area contributed by atoms with Crippen LogP contribution < -0.4 is 10.6 Å². The van der Waals surface area contributed by atoms with Gasteiger partial charge in [-0.2, -0.15) is 0 Å². The van der Waals surface area contributed by atoms with E-state index in [1.807, 2.05) is 18.5 Å². The van der Waals surface area contributed by atoms with Crippen LogP contribution in [-0.2, 0) is 6.54 Å². The van der Waals surface area contributed by atoms with Crippen LogP contribution in [0, 0.1) is 0 Å². The Bertz CT molecular complexity index is 921. The molecule has 3 aromatic rings. The number of carbonyl (C=O) groups excluding carboxylic acids is 1. The third-order valence-electron chi connectivity index (χ3n) is 5.08. The molecule has 0 saturated carbocycles. The van der Waals surface area contributed by atoms with E-state index in [4.69, 9.17) is 5.73 Å². The van der Waals surface area contributed by atoms with Crippen molar-refractivity contribution in [3.05, 3.63) is 78.0 Å². The fourth-order valence-electron chi connectivity index (χ4n) is 3.82. The van der Waals surface area contributed by atoms with Crippen LogP contribution in [0.3, 0.4) is 0 Å². The van der Waals surface area contributed by atoms with Gasteiger partial charge in [-0.3, -0.25) is 4.79 Å². The molecule has 0 spiro atoms. The van der Waals surface area contributed by atoms with Gasteiger partial charge in [0.1, 0.15) is 11.6 Å². The molecule has 2 aromatic heterocycles. The van der Waals surface area contributed by atoms with Crippen molar-refractivity contribution in [3.63, 3.8) is 0 Å². The highest BCUT2D eigenvalue weighted by Gasteiger charge is 2.27. The van der Waals surface area contributed by atoms with E-state index in [-0.39, 0.29) is 0 Å². The van der Waals surface area contributed by atoms with E-state index in [9.17, 15) is 4.79 Å². The molecule has 1 unspecified atom stereocenters. The van der Waals surface area contributed by atoms with Crippen molar-refractivity contribution in [2.75, 3.05) is 18.0 Å². The molecule has 1 aliphatic rings. The molecule has 1 atom stereocenters. The second-order valence-electron chi connectivity index (χ2n) is 6.92. The summed E-state index contributed by atoms with van der Waals surface area (Å²) in [7, 11) is 0. The first kappa shape index (κ1) is 17.3. The highest BCUT2D eigenvalue weighted by molar-refractivity contribution is 5.97. The molecule has 138 valence electrons. The molecule has 27 heavy (non-hydrogen) atoms. The quantitative estimate of drug-likeness (QED) is 0.758. The van der Waals surface area contributed by atoms with E-state index < -0.39 is 5.91 Å². The number of anilines is 1. The molecule has 1 aliphatic heterocycles. The number of rotatable bonds is 5. The Hall–Kier alpha value is -3.15. The molecule has 2 N–H and O–H groups in total. The van der Waals surface area contributed by atoms with Gasteiger partial charge in [-0.1, -0.05) is 30.3 Å². The lowest BCUT2D eigenvalue weighted by molar-refractivity contribution is 0.100. The van der Waals surface area contributed by atoms with Crippen LogP contribution >= 0.6 is 0 Å². The molecule has 1 saturated heterocycles. The predicted octanol–water partition coefficient (Wildman–Crippen LogP) is 2.81. The lowest BCUT2D eigenvalue weighted by atomic mass is 9.96. The van der Waals surface area contributed by atoms with Gasteiger partial charge in [0.05, 0.1) is 5.56 Å². The number of amides is 1. The Morgan fingerprint density at radius 3 is 2.78 bits per heavy atom. The maximum atomic E-state index is 11.8. The highest BCUT2D eigenvalue weighted by Crippen LogP contribution is 2.30. The number of hydrogen-bond acceptors (Lipinski definition) is 4. The second kappa shape index (κ2) is 7.61. The number of piperidine rings is 1. The number of imidazole rings is 1. The van der Waals surface area contributed by atoms with E-state index in [0.29, 0.717) is 17.3 Å². The first-order valence-electron chi connectivity index (χ1n) is 9.27. The van der Waals surface area contributed by atoms with Crippen molar-refractivity contribution in [3.8, 4) is 0 Å². The van der Waals surface area contributed by atoms with Gasteiger partial charge in [0.15, 0.2) is 0 Å². The maximum absolute atomic E-state index is 11.8. The minimum absolute atomic E-state index is 0.292. The van der Waals surface area contributed by atoms with Crippen LogP contribution in [0.1, 0.15) is 40.5 Å². The first-order chi connectivity index (χ1) is 13.2. The van der Waals surface area contributed by atoms with Gasteiger partial charge in [-0.05, 0) is 30.5 Å². The normalized spacial score (nSPS) is 17.0. The molecule has 6 nitrogen and oxygen atoms in total. The Morgan fingerprint density at radius 2 is 1.96 bits per heavy atom. The molecule has 3 heterocycles. The Balaban J connectivity index is 1.56. The van der Waals surface area contributed by atoms with Crippen molar-refractivity contribution in [1.82, 2.24) is 14.5 Å². The molecule has 6 heteroatoms. The molecule has 4 rings (SSSR count). The van der Waals surface area contributed by atoms with Crippen molar-refractivity contribution in [2.24, 2.45) is 5.73 Å². The minimum Gasteiger partial charge on any atom is -0.365 e. The average Bonchev–Trinajstić information content (AvgIpc) is 3.17. The number of aromatic nitrogens is 3. The summed E-state index contributed by atoms with van der Waals surface area (Å²) < 4.78 is 2.22. The zero-order valence-electron chi connectivity index (χ0n) is 15.2. The van der Waals surface area contributed by atoms with E-state index in [2.05, 4.69) is 43.7 Å². The number of primary amides is 1. The topological polar surface area (TPSA) is 77.0 Å². The summed E-state index contributed by atoms with van der Waals surface area (Å²) in [6.07, 6.45) is 7.71. The van der Waals surface area contributed by atoms with E-state index in [1.54, 1.807) is 18.3 Å². The maximum Gasteiger partial charge on any atom is 0.252 e. The monoisotopic (exact) mass is 361 g/mol. The lowest BCUT2D eigenvalue weighted by Crippen LogP contribution is -2.37. The molecule has 0 bridgehead atoms. The first-order valence-corrected chi connectivity index (χ1v) is 9.27. The molecular weight excluding hydrogens is 338 g/mol. The third-order valence-corrected chi connectivity index (χ3v) is 5.08. The van der Waals surface area contributed by atoms with Crippen LogP contribution in [-0.4, -0.2) is 33.5 Å². The smallest absolute Gasteiger partial charge is 0.252 e. The summed E-state index contributed by atoms with van der Waals surface area (Å²) >= 11 is 0. The molecule has 1 amide bonds. The standard InChI is InChI=1S/C21H23N5O/c22-19(27)18-9-4-10-23-21(18)25-12-5-8-17(15-25)20-24-11-13-26(20)14-16-6-2-1-3-7-16/h1-4,6-7,9-11,13,17H,5,8,12,14-15H2,(H2,22,27). The van der Waals surface area contributed by atoms with Crippen LogP contribution in [0.5, 0.6) is 0 Å². The Kier molecular flexibility index (Phi) is 4.87. The van der Waals surface area contributed by atoms with Crippen LogP contribution in [0.15, 0.2) is 61.1 Å². The number of pyridine rings is 1. The van der Waals surface area contributed by atoms with Crippen molar-refractivity contribution < 1.29 is 4.79 Å². The zero-order chi connectivity index (χ0) is 18.6. The molecule has 0 radical (unpaired) electrons. The summed E-state index contributed by atoms with van der Waals surface area (Å²) in [4.78, 5) is 23.0. The average molecular weight is 361 g/mol. The number of carbonyl (C=O) groups is 1. The summed E-state index contributed by atoms with van der Waals surface area (Å²) in [6.45, 7) is 2.46. The van der Waals surface area contributed by atoms with Crippen LogP contribution in [0.4, 0.5) is 5.82 Å². The van der Waals surface area contributed by atoms with Gasteiger partial charge in [0, 0.05) is 44.1 Å². The summed E-state index contributed by atoms with van der Waals surface area (Å²) in [6, 6.07) is 13.9. The van der Waals surface area contributed by atoms with Gasteiger partial charge in [-0.25, -0.2) is 9.97 Å². The second-order valence-corrected chi connectivity index (χ2v) is 6.92. The van der Waals surface area contributed by atoms with Crippen LogP contribution in [0.2, 0.25) is 0 Å². The fourth-order valence-corrected chi connectivity index (χ4v) is 3.82. The molecular formula is C21H23N5O. The summed E-state index contributed by atoms with van der Waals surface area (Å²) in [5.74, 6) is 1.61. The fraction of sp³-hybridized carbons (Fsp3) is 0.286. The SMILES string of the molecule is NC(=O)c1cccnc1N1CCCC(c2nccn2Cc2ccccc2)C1. The van der Waals surface area contributed by atoms with Crippen molar-refractivity contribution in [2.45, 2.75) is 25.3 Å². The van der Waals surface area contributed by atoms with Crippen LogP contribution in [0.25, 0.3) is 0 Å². The van der Waals surface area contributed by atoms with Gasteiger partial charge in [0.2, 0.25) is 0 Å². The van der Waals surface area contributed by atoms with Crippen molar-refractivity contribution in [1.29, 1.82) is 0 Å². The minimum atomic E-state index is -0.439. The largest absolute Gasteiger partial charge is 0.365 e. The predicted molar refractivity (Wildman–Crippen MR) is 105 cm³/mol. The summed E-state index contributed by atoms with van der Waals surface area (Å²) in [5.41, 5.74) is 7.27. The van der Waals surface area contributed by atoms with E-state index >= 15 is 0 Å². The molecule has 1 aromatic carbocycles. The van der Waals surface area contributed by atoms with Gasteiger partial charge < -0.3 is 15.2 Å². The van der Waals surface area contributed by atoms with Gasteiger partial charge in [0.25, 0.3) is 5.91 Å². The molecule has 1 fully saturated rings. The summed E-state index contributed by atoms with van der Waals surface area (Å²) in [5, 5.41) is 0. The van der Waals surface area contributed by atoms with Gasteiger partial charge >= 0.3 is 0 Å². The number of nitrogens with zero attached hydrogens (tertiary/aromatic N) is 4. The van der Waals surface area contributed by atoms with Crippen molar-refractivity contribution >= 4 is 11.7 Å².